The van der Waals surface area contributed by atoms with Crippen molar-refractivity contribution in [3.63, 3.8) is 0 Å². The second-order valence-electron chi connectivity index (χ2n) is 10.5. The summed E-state index contributed by atoms with van der Waals surface area (Å²) in [5.41, 5.74) is 4.22. The van der Waals surface area contributed by atoms with Gasteiger partial charge in [-0.2, -0.15) is 0 Å². The van der Waals surface area contributed by atoms with E-state index in [2.05, 4.69) is 41.5 Å². The summed E-state index contributed by atoms with van der Waals surface area (Å²) in [7, 11) is 2.11. The molecule has 1 N–H and O–H groups in total. The maximum Gasteiger partial charge on any atom is 0.252 e. The topological polar surface area (TPSA) is 41.6 Å². The predicted molar refractivity (Wildman–Crippen MR) is 145 cm³/mol. The van der Waals surface area contributed by atoms with Gasteiger partial charge < -0.3 is 10.1 Å². The van der Waals surface area contributed by atoms with Crippen molar-refractivity contribution in [2.24, 2.45) is 0 Å². The number of benzene rings is 4. The molecule has 4 aromatic rings. The number of hydrogen-bond acceptors (Lipinski definition) is 3. The number of hydrogen-bond donors (Lipinski definition) is 1. The lowest BCUT2D eigenvalue weighted by Gasteiger charge is -2.37. The molecule has 1 aliphatic heterocycles. The summed E-state index contributed by atoms with van der Waals surface area (Å²) in [6.45, 7) is 3.70. The molecule has 6 rings (SSSR count). The van der Waals surface area contributed by atoms with Gasteiger partial charge in [0.25, 0.3) is 5.91 Å². The van der Waals surface area contributed by atoms with Gasteiger partial charge in [-0.3, -0.25) is 9.69 Å². The molecule has 2 aliphatic rings. The molecule has 0 aromatic heterocycles. The minimum atomic E-state index is -0.426. The normalized spacial score (nSPS) is 18.3. The maximum absolute atomic E-state index is 13.6. The lowest BCUT2D eigenvalue weighted by atomic mass is 9.91. The Kier molecular flexibility index (Phi) is 5.96. The Balaban J connectivity index is 1.30. The lowest BCUT2D eigenvalue weighted by Crippen LogP contribution is -2.48. The SMILES string of the molecule is Cc1ccc(OCC2CCN2C)cc1C(=O)NC1(c2cc(-c3ccc(F)cc3)cc3ccccc23)CC1. The van der Waals surface area contributed by atoms with Crippen molar-refractivity contribution in [3.05, 3.63) is 101 Å². The smallest absolute Gasteiger partial charge is 0.252 e. The fourth-order valence-electron chi connectivity index (χ4n) is 5.30. The van der Waals surface area contributed by atoms with Crippen LogP contribution >= 0.6 is 0 Å². The molecular formula is C32H31FN2O2. The summed E-state index contributed by atoms with van der Waals surface area (Å²) in [6.07, 6.45) is 2.89. The first-order valence-corrected chi connectivity index (χ1v) is 13.0. The summed E-state index contributed by atoms with van der Waals surface area (Å²) in [5.74, 6) is 0.388. The number of nitrogens with zero attached hydrogens (tertiary/aromatic N) is 1. The van der Waals surface area contributed by atoms with Crippen molar-refractivity contribution in [1.29, 1.82) is 0 Å². The molecule has 0 radical (unpaired) electrons. The predicted octanol–water partition coefficient (Wildman–Crippen LogP) is 6.46. The zero-order chi connectivity index (χ0) is 25.6. The highest BCUT2D eigenvalue weighted by Gasteiger charge is 2.47. The number of amides is 1. The van der Waals surface area contributed by atoms with Crippen molar-refractivity contribution in [3.8, 4) is 16.9 Å². The van der Waals surface area contributed by atoms with E-state index in [1.165, 1.54) is 12.1 Å². The molecule has 0 bridgehead atoms. The zero-order valence-corrected chi connectivity index (χ0v) is 21.3. The van der Waals surface area contributed by atoms with E-state index in [4.69, 9.17) is 4.74 Å². The molecule has 4 nitrogen and oxygen atoms in total. The van der Waals surface area contributed by atoms with Gasteiger partial charge in [-0.15, -0.1) is 0 Å². The molecule has 1 atom stereocenters. The average Bonchev–Trinajstić information content (AvgIpc) is 3.68. The minimum absolute atomic E-state index is 0.0857. The first-order valence-electron chi connectivity index (χ1n) is 13.0. The van der Waals surface area contributed by atoms with E-state index >= 15 is 0 Å². The van der Waals surface area contributed by atoms with E-state index in [0.717, 1.165) is 64.6 Å². The monoisotopic (exact) mass is 494 g/mol. The summed E-state index contributed by atoms with van der Waals surface area (Å²) in [5, 5.41) is 5.61. The van der Waals surface area contributed by atoms with E-state index in [9.17, 15) is 9.18 Å². The summed E-state index contributed by atoms with van der Waals surface area (Å²) >= 11 is 0. The van der Waals surface area contributed by atoms with Gasteiger partial charge in [-0.05, 0) is 109 Å². The molecule has 1 amide bonds. The summed E-state index contributed by atoms with van der Waals surface area (Å²) in [4.78, 5) is 15.9. The van der Waals surface area contributed by atoms with Gasteiger partial charge in [0.15, 0.2) is 0 Å². The number of rotatable bonds is 7. The Bertz CT molecular complexity index is 1480. The second kappa shape index (κ2) is 9.31. The molecule has 5 heteroatoms. The van der Waals surface area contributed by atoms with Crippen LogP contribution in [0.1, 0.15) is 40.7 Å². The fourth-order valence-corrected chi connectivity index (χ4v) is 5.30. The van der Waals surface area contributed by atoms with Crippen LogP contribution in [0.5, 0.6) is 5.75 Å². The molecule has 1 heterocycles. The van der Waals surface area contributed by atoms with Crippen molar-refractivity contribution in [1.82, 2.24) is 10.2 Å². The highest BCUT2D eigenvalue weighted by molar-refractivity contribution is 5.98. The number of fused-ring (bicyclic) bond motifs is 1. The van der Waals surface area contributed by atoms with Crippen LogP contribution in [0.4, 0.5) is 4.39 Å². The van der Waals surface area contributed by atoms with Crippen LogP contribution in [0.2, 0.25) is 0 Å². The number of nitrogens with one attached hydrogen (secondary N) is 1. The molecular weight excluding hydrogens is 463 g/mol. The molecule has 0 spiro atoms. The van der Waals surface area contributed by atoms with Crippen LogP contribution in [-0.4, -0.2) is 37.0 Å². The van der Waals surface area contributed by atoms with E-state index in [1.807, 2.05) is 37.3 Å². The number of halogens is 1. The molecule has 1 aliphatic carbocycles. The lowest BCUT2D eigenvalue weighted by molar-refractivity contribution is 0.0767. The van der Waals surface area contributed by atoms with Gasteiger partial charge in [0.1, 0.15) is 18.2 Å². The number of carbonyl (C=O) groups excluding carboxylic acids is 1. The average molecular weight is 495 g/mol. The molecule has 188 valence electrons. The van der Waals surface area contributed by atoms with Crippen LogP contribution in [-0.2, 0) is 5.54 Å². The second-order valence-corrected chi connectivity index (χ2v) is 10.5. The van der Waals surface area contributed by atoms with Crippen LogP contribution in [0.15, 0.2) is 78.9 Å². The van der Waals surface area contributed by atoms with Gasteiger partial charge in [0, 0.05) is 11.6 Å². The molecule has 1 unspecified atom stereocenters. The zero-order valence-electron chi connectivity index (χ0n) is 21.3. The third-order valence-corrected chi connectivity index (χ3v) is 7.99. The molecule has 2 fully saturated rings. The molecule has 1 saturated carbocycles. The van der Waals surface area contributed by atoms with Gasteiger partial charge in [0.2, 0.25) is 0 Å². The first-order chi connectivity index (χ1) is 17.9. The third kappa shape index (κ3) is 4.60. The van der Waals surface area contributed by atoms with Crippen molar-refractivity contribution in [2.45, 2.75) is 37.8 Å². The molecule has 1 saturated heterocycles. The highest BCUT2D eigenvalue weighted by Crippen LogP contribution is 2.49. The number of likely N-dealkylation sites (N-methyl/N-ethyl adjacent to an activating group) is 1. The van der Waals surface area contributed by atoms with Crippen LogP contribution < -0.4 is 10.1 Å². The Morgan fingerprint density at radius 1 is 1.03 bits per heavy atom. The number of likely N-dealkylation sites (tertiary alicyclic amines) is 1. The van der Waals surface area contributed by atoms with Crippen LogP contribution in [0.25, 0.3) is 21.9 Å². The number of aryl methyl sites for hydroxylation is 1. The maximum atomic E-state index is 13.6. The van der Waals surface area contributed by atoms with Gasteiger partial charge in [-0.1, -0.05) is 42.5 Å². The van der Waals surface area contributed by atoms with Crippen LogP contribution in [0.3, 0.4) is 0 Å². The van der Waals surface area contributed by atoms with E-state index in [1.54, 1.807) is 12.1 Å². The van der Waals surface area contributed by atoms with E-state index in [0.29, 0.717) is 18.2 Å². The fraction of sp³-hybridized carbons (Fsp3) is 0.281. The molecule has 4 aromatic carbocycles. The minimum Gasteiger partial charge on any atom is -0.492 e. The van der Waals surface area contributed by atoms with Crippen LogP contribution in [0, 0.1) is 12.7 Å². The summed E-state index contributed by atoms with van der Waals surface area (Å²) < 4.78 is 19.6. The van der Waals surface area contributed by atoms with Crippen molar-refractivity contribution < 1.29 is 13.9 Å². The quantitative estimate of drug-likeness (QED) is 0.321. The van der Waals surface area contributed by atoms with Gasteiger partial charge in [0.05, 0.1) is 5.54 Å². The standard InChI is InChI=1S/C32H31FN2O2/c1-21-7-12-27(37-20-26-13-16-35(26)2)19-29(21)31(36)34-32(14-15-32)30-18-24(22-8-10-25(33)11-9-22)17-23-5-3-4-6-28(23)30/h3-12,17-19,26H,13-16,20H2,1-2H3,(H,34,36). The van der Waals surface area contributed by atoms with Gasteiger partial charge >= 0.3 is 0 Å². The van der Waals surface area contributed by atoms with Crippen molar-refractivity contribution >= 4 is 16.7 Å². The number of carbonyl (C=O) groups is 1. The number of ether oxygens (including phenoxy) is 1. The van der Waals surface area contributed by atoms with E-state index in [-0.39, 0.29) is 11.7 Å². The first kappa shape index (κ1) is 23.7. The Morgan fingerprint density at radius 3 is 2.51 bits per heavy atom. The Labute approximate surface area is 217 Å². The van der Waals surface area contributed by atoms with Gasteiger partial charge in [-0.25, -0.2) is 4.39 Å². The summed E-state index contributed by atoms with van der Waals surface area (Å²) in [6, 6.07) is 25.3. The molecule has 37 heavy (non-hydrogen) atoms. The van der Waals surface area contributed by atoms with E-state index < -0.39 is 5.54 Å². The Hall–Kier alpha value is -3.70. The largest absolute Gasteiger partial charge is 0.492 e. The Morgan fingerprint density at radius 2 is 1.81 bits per heavy atom. The highest BCUT2D eigenvalue weighted by atomic mass is 19.1. The third-order valence-electron chi connectivity index (χ3n) is 7.99. The van der Waals surface area contributed by atoms with Crippen molar-refractivity contribution in [2.75, 3.05) is 20.2 Å².